The Labute approximate surface area is 95.4 Å². The minimum absolute atomic E-state index is 0.0732. The van der Waals surface area contributed by atoms with Gasteiger partial charge >= 0.3 is 0 Å². The van der Waals surface area contributed by atoms with Gasteiger partial charge in [-0.05, 0) is 0 Å². The van der Waals surface area contributed by atoms with Crippen LogP contribution < -0.4 is 15.8 Å². The minimum atomic E-state index is -3.49. The number of hydrogen-bond donors (Lipinski definition) is 3. The highest BCUT2D eigenvalue weighted by Gasteiger charge is 2.13. The predicted octanol–water partition coefficient (Wildman–Crippen LogP) is -2.70. The molecule has 0 aromatic carbocycles. The lowest BCUT2D eigenvalue weighted by atomic mass is 10.3. The van der Waals surface area contributed by atoms with Crippen molar-refractivity contribution in [2.75, 3.05) is 45.0 Å². The van der Waals surface area contributed by atoms with E-state index >= 15 is 0 Å². The number of carbonyl (C=O) groups excluding carboxylic acids is 1. The van der Waals surface area contributed by atoms with E-state index in [-0.39, 0.29) is 18.2 Å². The summed E-state index contributed by atoms with van der Waals surface area (Å²) in [6.45, 7) is 3.82. The van der Waals surface area contributed by atoms with Gasteiger partial charge in [-0.1, -0.05) is 0 Å². The molecular formula is C8H18N4O3S. The first kappa shape index (κ1) is 13.4. The van der Waals surface area contributed by atoms with Crippen molar-refractivity contribution in [1.82, 2.24) is 15.5 Å². The quantitative estimate of drug-likeness (QED) is 0.492. The number of amides is 1. The van der Waals surface area contributed by atoms with Gasteiger partial charge in [-0.25, -0.2) is 13.6 Å². The van der Waals surface area contributed by atoms with Gasteiger partial charge < -0.3 is 10.6 Å². The maximum absolute atomic E-state index is 11.4. The van der Waals surface area contributed by atoms with Gasteiger partial charge in [0.1, 0.15) is 0 Å². The van der Waals surface area contributed by atoms with Crippen LogP contribution in [0.4, 0.5) is 0 Å². The summed E-state index contributed by atoms with van der Waals surface area (Å²) < 4.78 is 21.2. The second-order valence-electron chi connectivity index (χ2n) is 3.74. The van der Waals surface area contributed by atoms with E-state index in [0.29, 0.717) is 6.54 Å². The molecule has 1 heterocycles. The Kier molecular flexibility index (Phi) is 5.13. The summed E-state index contributed by atoms with van der Waals surface area (Å²) in [6.07, 6.45) is 0. The van der Waals surface area contributed by atoms with Crippen molar-refractivity contribution >= 4 is 15.9 Å². The van der Waals surface area contributed by atoms with Crippen LogP contribution in [0, 0.1) is 0 Å². The van der Waals surface area contributed by atoms with Gasteiger partial charge in [-0.2, -0.15) is 0 Å². The average Bonchev–Trinajstić information content (AvgIpc) is 2.17. The molecule has 0 atom stereocenters. The number of nitrogens with zero attached hydrogens (tertiary/aromatic N) is 1. The molecule has 8 heteroatoms. The maximum Gasteiger partial charge on any atom is 0.234 e. The van der Waals surface area contributed by atoms with Gasteiger partial charge in [0.05, 0.1) is 12.3 Å². The van der Waals surface area contributed by atoms with Crippen LogP contribution in [0.25, 0.3) is 0 Å². The lowest BCUT2D eigenvalue weighted by molar-refractivity contribution is -0.122. The standard InChI is InChI=1S/C8H18N4O3S/c9-16(14,15)6-3-11-8(13)7-12-4-1-10-2-5-12/h10H,1-7H2,(H,11,13)(H2,9,14,15). The van der Waals surface area contributed by atoms with Crippen molar-refractivity contribution in [1.29, 1.82) is 0 Å². The fraction of sp³-hybridized carbons (Fsp3) is 0.875. The Balaban J connectivity index is 2.15. The smallest absolute Gasteiger partial charge is 0.234 e. The van der Waals surface area contributed by atoms with Crippen molar-refractivity contribution in [3.8, 4) is 0 Å². The molecule has 4 N–H and O–H groups in total. The van der Waals surface area contributed by atoms with E-state index in [0.717, 1.165) is 26.2 Å². The summed E-state index contributed by atoms with van der Waals surface area (Å²) in [6, 6.07) is 0. The summed E-state index contributed by atoms with van der Waals surface area (Å²) >= 11 is 0. The molecule has 1 aliphatic heterocycles. The van der Waals surface area contributed by atoms with Crippen molar-refractivity contribution < 1.29 is 13.2 Å². The van der Waals surface area contributed by atoms with E-state index in [2.05, 4.69) is 10.6 Å². The highest BCUT2D eigenvalue weighted by atomic mass is 32.2. The largest absolute Gasteiger partial charge is 0.354 e. The zero-order chi connectivity index (χ0) is 12.0. The minimum Gasteiger partial charge on any atom is -0.354 e. The lowest BCUT2D eigenvalue weighted by Gasteiger charge is -2.26. The predicted molar refractivity (Wildman–Crippen MR) is 60.3 cm³/mol. The number of piperazine rings is 1. The molecule has 1 saturated heterocycles. The molecular weight excluding hydrogens is 232 g/mol. The van der Waals surface area contributed by atoms with Gasteiger partial charge in [0.2, 0.25) is 15.9 Å². The van der Waals surface area contributed by atoms with Crippen molar-refractivity contribution in [2.45, 2.75) is 0 Å². The molecule has 0 aromatic rings. The molecule has 1 fully saturated rings. The molecule has 0 unspecified atom stereocenters. The van der Waals surface area contributed by atoms with Gasteiger partial charge in [0, 0.05) is 32.7 Å². The maximum atomic E-state index is 11.4. The third kappa shape index (κ3) is 6.01. The molecule has 0 bridgehead atoms. The molecule has 94 valence electrons. The van der Waals surface area contributed by atoms with Crippen LogP contribution in [0.15, 0.2) is 0 Å². The molecule has 1 rings (SSSR count). The summed E-state index contributed by atoms with van der Waals surface area (Å²) in [5.74, 6) is -0.383. The number of sulfonamides is 1. The molecule has 1 aliphatic rings. The molecule has 0 aliphatic carbocycles. The summed E-state index contributed by atoms with van der Waals surface area (Å²) in [4.78, 5) is 13.4. The molecule has 7 nitrogen and oxygen atoms in total. The molecule has 0 spiro atoms. The number of rotatable bonds is 5. The monoisotopic (exact) mass is 250 g/mol. The molecule has 0 radical (unpaired) electrons. The van der Waals surface area contributed by atoms with E-state index in [1.807, 2.05) is 4.90 Å². The fourth-order valence-electron chi connectivity index (χ4n) is 1.46. The summed E-state index contributed by atoms with van der Waals surface area (Å²) in [7, 11) is -3.49. The van der Waals surface area contributed by atoms with Gasteiger partial charge in [0.15, 0.2) is 0 Å². The van der Waals surface area contributed by atoms with Crippen molar-refractivity contribution in [3.05, 3.63) is 0 Å². The van der Waals surface area contributed by atoms with E-state index in [9.17, 15) is 13.2 Å². The lowest BCUT2D eigenvalue weighted by Crippen LogP contribution is -2.48. The van der Waals surface area contributed by atoms with E-state index in [4.69, 9.17) is 5.14 Å². The Hall–Kier alpha value is -0.700. The van der Waals surface area contributed by atoms with Gasteiger partial charge in [-0.3, -0.25) is 9.69 Å². The Morgan fingerprint density at radius 1 is 1.38 bits per heavy atom. The molecule has 16 heavy (non-hydrogen) atoms. The highest BCUT2D eigenvalue weighted by Crippen LogP contribution is 1.90. The molecule has 0 aromatic heterocycles. The summed E-state index contributed by atoms with van der Waals surface area (Å²) in [5.41, 5.74) is 0. The van der Waals surface area contributed by atoms with Crippen LogP contribution in [0.5, 0.6) is 0 Å². The number of primary sulfonamides is 1. The number of nitrogens with one attached hydrogen (secondary N) is 2. The van der Waals surface area contributed by atoms with Gasteiger partial charge in [0.25, 0.3) is 0 Å². The van der Waals surface area contributed by atoms with E-state index < -0.39 is 10.0 Å². The number of carbonyl (C=O) groups is 1. The third-order valence-corrected chi connectivity index (χ3v) is 3.06. The van der Waals surface area contributed by atoms with Crippen LogP contribution >= 0.6 is 0 Å². The number of hydrogen-bond acceptors (Lipinski definition) is 5. The van der Waals surface area contributed by atoms with Crippen LogP contribution in [0.3, 0.4) is 0 Å². The van der Waals surface area contributed by atoms with Crippen LogP contribution in [0.2, 0.25) is 0 Å². The molecule has 1 amide bonds. The average molecular weight is 250 g/mol. The highest BCUT2D eigenvalue weighted by molar-refractivity contribution is 7.89. The Bertz CT molecular complexity index is 324. The Morgan fingerprint density at radius 2 is 2.00 bits per heavy atom. The fourth-order valence-corrected chi connectivity index (χ4v) is 1.85. The first-order valence-electron chi connectivity index (χ1n) is 5.17. The Morgan fingerprint density at radius 3 is 2.56 bits per heavy atom. The van der Waals surface area contributed by atoms with Crippen molar-refractivity contribution in [3.63, 3.8) is 0 Å². The third-order valence-electron chi connectivity index (χ3n) is 2.29. The van der Waals surface area contributed by atoms with E-state index in [1.54, 1.807) is 0 Å². The van der Waals surface area contributed by atoms with Crippen LogP contribution in [0.1, 0.15) is 0 Å². The molecule has 0 saturated carbocycles. The second-order valence-corrected chi connectivity index (χ2v) is 5.48. The van der Waals surface area contributed by atoms with Gasteiger partial charge in [-0.15, -0.1) is 0 Å². The van der Waals surface area contributed by atoms with Crippen LogP contribution in [-0.4, -0.2) is 64.2 Å². The number of nitrogens with two attached hydrogens (primary N) is 1. The summed E-state index contributed by atoms with van der Waals surface area (Å²) in [5, 5.41) is 10.5. The topological polar surface area (TPSA) is 105 Å². The normalized spacial score (nSPS) is 18.3. The first-order chi connectivity index (χ1) is 7.47. The second kappa shape index (κ2) is 6.14. The SMILES string of the molecule is NS(=O)(=O)CCNC(=O)CN1CCNCC1. The zero-order valence-corrected chi connectivity index (χ0v) is 9.92. The zero-order valence-electron chi connectivity index (χ0n) is 9.11. The van der Waals surface area contributed by atoms with Crippen LogP contribution in [-0.2, 0) is 14.8 Å². The first-order valence-corrected chi connectivity index (χ1v) is 6.89. The van der Waals surface area contributed by atoms with Crippen molar-refractivity contribution in [2.24, 2.45) is 5.14 Å². The van der Waals surface area contributed by atoms with E-state index in [1.165, 1.54) is 0 Å².